The molecule has 0 aliphatic heterocycles. The maximum absolute atomic E-state index is 13.6. The Morgan fingerprint density at radius 3 is 2.62 bits per heavy atom. The first-order chi connectivity index (χ1) is 9.79. The van der Waals surface area contributed by atoms with Gasteiger partial charge in [0.2, 0.25) is 0 Å². The van der Waals surface area contributed by atoms with Crippen LogP contribution in [-0.2, 0) is 11.4 Å². The van der Waals surface area contributed by atoms with Crippen molar-refractivity contribution in [2.75, 3.05) is 13.0 Å². The summed E-state index contributed by atoms with van der Waals surface area (Å²) in [7, 11) is 1.54. The molecule has 1 rings (SSSR count). The topological polar surface area (TPSA) is 44.3 Å². The van der Waals surface area contributed by atoms with Crippen LogP contribution in [0, 0.1) is 5.82 Å². The molecule has 0 aromatic heterocycles. The van der Waals surface area contributed by atoms with Crippen LogP contribution in [0.1, 0.15) is 45.2 Å². The minimum absolute atomic E-state index is 0.269. The Bertz CT molecular complexity index is 454. The SMILES string of the molecule is COc1ccc(F)cc1C(CCCCl)N[S+]([O-])C(C)(C)C. The number of methoxy groups -OCH3 is 1. The lowest BCUT2D eigenvalue weighted by atomic mass is 10.0. The molecule has 120 valence electrons. The predicted molar refractivity (Wildman–Crippen MR) is 86.7 cm³/mol. The van der Waals surface area contributed by atoms with Gasteiger partial charge in [0.15, 0.2) is 0 Å². The van der Waals surface area contributed by atoms with Gasteiger partial charge in [-0.3, -0.25) is 0 Å². The van der Waals surface area contributed by atoms with Crippen LogP contribution in [0.25, 0.3) is 0 Å². The van der Waals surface area contributed by atoms with E-state index in [4.69, 9.17) is 16.3 Å². The van der Waals surface area contributed by atoms with E-state index in [1.54, 1.807) is 6.07 Å². The molecule has 0 fully saturated rings. The first-order valence-corrected chi connectivity index (χ1v) is 8.55. The molecular formula is C15H23ClFNO2S. The second kappa shape index (κ2) is 8.22. The number of rotatable bonds is 7. The van der Waals surface area contributed by atoms with Gasteiger partial charge >= 0.3 is 0 Å². The Balaban J connectivity index is 3.04. The van der Waals surface area contributed by atoms with Crippen molar-refractivity contribution in [2.24, 2.45) is 0 Å². The number of hydrogen-bond donors (Lipinski definition) is 1. The van der Waals surface area contributed by atoms with E-state index in [9.17, 15) is 8.94 Å². The van der Waals surface area contributed by atoms with Crippen LogP contribution in [0.15, 0.2) is 18.2 Å². The molecule has 0 spiro atoms. The molecular weight excluding hydrogens is 313 g/mol. The highest BCUT2D eigenvalue weighted by atomic mass is 35.5. The fourth-order valence-corrected chi connectivity index (χ4v) is 2.85. The summed E-state index contributed by atoms with van der Waals surface area (Å²) >= 11 is 4.50. The average molecular weight is 336 g/mol. The number of hydrogen-bond acceptors (Lipinski definition) is 3. The fraction of sp³-hybridized carbons (Fsp3) is 0.600. The Hall–Kier alpha value is -0.490. The molecule has 1 aromatic carbocycles. The van der Waals surface area contributed by atoms with Crippen LogP contribution >= 0.6 is 11.6 Å². The Morgan fingerprint density at radius 1 is 1.43 bits per heavy atom. The third-order valence-corrected chi connectivity index (χ3v) is 4.88. The van der Waals surface area contributed by atoms with Gasteiger partial charge in [-0.2, -0.15) is 0 Å². The van der Waals surface area contributed by atoms with Crippen molar-refractivity contribution in [3.8, 4) is 5.75 Å². The van der Waals surface area contributed by atoms with Gasteiger partial charge in [0.05, 0.1) is 13.2 Å². The maximum Gasteiger partial charge on any atom is 0.136 e. The molecule has 0 aliphatic rings. The van der Waals surface area contributed by atoms with E-state index < -0.39 is 16.1 Å². The lowest BCUT2D eigenvalue weighted by Gasteiger charge is -2.28. The summed E-state index contributed by atoms with van der Waals surface area (Å²) in [4.78, 5) is 0. The van der Waals surface area contributed by atoms with E-state index in [0.717, 1.165) is 6.42 Å². The van der Waals surface area contributed by atoms with Gasteiger partial charge in [-0.25, -0.2) is 4.39 Å². The molecule has 0 saturated carbocycles. The minimum atomic E-state index is -1.26. The van der Waals surface area contributed by atoms with Gasteiger partial charge in [-0.05, 0) is 51.8 Å². The van der Waals surface area contributed by atoms with Gasteiger partial charge in [0, 0.05) is 22.8 Å². The van der Waals surface area contributed by atoms with E-state index in [1.807, 2.05) is 20.8 Å². The van der Waals surface area contributed by atoms with Crippen LogP contribution in [0.5, 0.6) is 5.75 Å². The van der Waals surface area contributed by atoms with E-state index in [-0.39, 0.29) is 11.9 Å². The molecule has 2 unspecified atom stereocenters. The van der Waals surface area contributed by atoms with Crippen molar-refractivity contribution < 1.29 is 13.7 Å². The number of alkyl halides is 1. The molecule has 0 heterocycles. The van der Waals surface area contributed by atoms with Crippen molar-refractivity contribution in [2.45, 2.75) is 44.4 Å². The monoisotopic (exact) mass is 335 g/mol. The number of nitrogens with one attached hydrogen (secondary N) is 1. The van der Waals surface area contributed by atoms with E-state index in [1.165, 1.54) is 19.2 Å². The fourth-order valence-electron chi connectivity index (χ4n) is 1.84. The average Bonchev–Trinajstić information content (AvgIpc) is 2.42. The van der Waals surface area contributed by atoms with E-state index in [0.29, 0.717) is 23.6 Å². The molecule has 3 nitrogen and oxygen atoms in total. The van der Waals surface area contributed by atoms with Crippen molar-refractivity contribution in [1.82, 2.24) is 4.72 Å². The molecule has 1 aromatic rings. The molecule has 0 saturated heterocycles. The highest BCUT2D eigenvalue weighted by molar-refractivity contribution is 7.90. The highest BCUT2D eigenvalue weighted by Gasteiger charge is 2.30. The van der Waals surface area contributed by atoms with Gasteiger partial charge in [-0.15, -0.1) is 16.3 Å². The standard InChI is InChI=1S/C15H23ClFNO2S/c1-15(2,3)21(19)18-13(6-5-9-16)12-10-11(17)7-8-14(12)20-4/h7-8,10,13,18H,5-6,9H2,1-4H3. The Kier molecular flexibility index (Phi) is 7.27. The molecule has 1 N–H and O–H groups in total. The largest absolute Gasteiger partial charge is 0.598 e. The van der Waals surface area contributed by atoms with Crippen LogP contribution in [0.3, 0.4) is 0 Å². The summed E-state index contributed by atoms with van der Waals surface area (Å²) in [5.74, 6) is 0.734. The second-order valence-electron chi connectivity index (χ2n) is 5.77. The highest BCUT2D eigenvalue weighted by Crippen LogP contribution is 2.31. The van der Waals surface area contributed by atoms with Crippen molar-refractivity contribution in [3.63, 3.8) is 0 Å². The maximum atomic E-state index is 13.6. The quantitative estimate of drug-likeness (QED) is 0.606. The van der Waals surface area contributed by atoms with Gasteiger partial charge in [0.25, 0.3) is 0 Å². The zero-order valence-electron chi connectivity index (χ0n) is 12.9. The number of ether oxygens (including phenoxy) is 1. The van der Waals surface area contributed by atoms with Crippen molar-refractivity contribution in [1.29, 1.82) is 0 Å². The summed E-state index contributed by atoms with van der Waals surface area (Å²) < 4.78 is 33.8. The third kappa shape index (κ3) is 5.66. The lowest BCUT2D eigenvalue weighted by Crippen LogP contribution is -2.41. The van der Waals surface area contributed by atoms with E-state index in [2.05, 4.69) is 4.72 Å². The summed E-state index contributed by atoms with van der Waals surface area (Å²) in [5, 5.41) is 0. The molecule has 21 heavy (non-hydrogen) atoms. The first-order valence-electron chi connectivity index (χ1n) is 6.87. The predicted octanol–water partition coefficient (Wildman–Crippen LogP) is 3.95. The third-order valence-electron chi connectivity index (χ3n) is 3.00. The van der Waals surface area contributed by atoms with Crippen LogP contribution in [0.2, 0.25) is 0 Å². The normalized spacial score (nSPS) is 14.8. The zero-order valence-corrected chi connectivity index (χ0v) is 14.5. The van der Waals surface area contributed by atoms with Crippen LogP contribution in [-0.4, -0.2) is 22.3 Å². The first kappa shape index (κ1) is 18.6. The van der Waals surface area contributed by atoms with Crippen molar-refractivity contribution in [3.05, 3.63) is 29.6 Å². The van der Waals surface area contributed by atoms with Gasteiger partial charge < -0.3 is 9.29 Å². The van der Waals surface area contributed by atoms with Crippen LogP contribution in [0.4, 0.5) is 4.39 Å². The number of benzene rings is 1. The van der Waals surface area contributed by atoms with Crippen LogP contribution < -0.4 is 9.46 Å². The molecule has 6 heteroatoms. The summed E-state index contributed by atoms with van der Waals surface area (Å²) in [6, 6.07) is 4.08. The minimum Gasteiger partial charge on any atom is -0.598 e. The van der Waals surface area contributed by atoms with Crippen molar-refractivity contribution >= 4 is 23.0 Å². The summed E-state index contributed by atoms with van der Waals surface area (Å²) in [5.41, 5.74) is 0.667. The molecule has 0 aliphatic carbocycles. The summed E-state index contributed by atoms with van der Waals surface area (Å²) in [6.07, 6.45) is 1.39. The molecule has 0 radical (unpaired) electrons. The molecule has 0 bridgehead atoms. The second-order valence-corrected chi connectivity index (χ2v) is 8.14. The molecule has 0 amide bonds. The molecule has 2 atom stereocenters. The lowest BCUT2D eigenvalue weighted by molar-refractivity contribution is 0.398. The Labute approximate surface area is 134 Å². The number of halogens is 2. The van der Waals surface area contributed by atoms with Gasteiger partial charge in [-0.1, -0.05) is 0 Å². The smallest absolute Gasteiger partial charge is 0.136 e. The van der Waals surface area contributed by atoms with E-state index >= 15 is 0 Å². The summed E-state index contributed by atoms with van der Waals surface area (Å²) in [6.45, 7) is 5.66. The zero-order chi connectivity index (χ0) is 16.0. The Morgan fingerprint density at radius 2 is 2.10 bits per heavy atom. The van der Waals surface area contributed by atoms with Gasteiger partial charge in [0.1, 0.15) is 16.3 Å².